The SMILES string of the molecule is CC(C)C(CNS(=O)(=O)c1cc(C(=O)O)n(C)c1)c1ccccc1. The number of carboxylic acid groups (broad SMARTS) is 1. The summed E-state index contributed by atoms with van der Waals surface area (Å²) in [6.07, 6.45) is 1.30. The van der Waals surface area contributed by atoms with E-state index in [1.54, 1.807) is 0 Å². The zero-order valence-electron chi connectivity index (χ0n) is 13.9. The van der Waals surface area contributed by atoms with E-state index in [-0.39, 0.29) is 29.0 Å². The van der Waals surface area contributed by atoms with E-state index < -0.39 is 16.0 Å². The molecule has 0 bridgehead atoms. The summed E-state index contributed by atoms with van der Waals surface area (Å²) in [4.78, 5) is 11.0. The molecule has 1 aromatic heterocycles. The van der Waals surface area contributed by atoms with Crippen LogP contribution in [0.3, 0.4) is 0 Å². The number of aromatic nitrogens is 1. The average molecular weight is 350 g/mol. The fraction of sp³-hybridized carbons (Fsp3) is 0.353. The van der Waals surface area contributed by atoms with Gasteiger partial charge >= 0.3 is 5.97 Å². The first-order valence-corrected chi connectivity index (χ1v) is 9.15. The fourth-order valence-corrected chi connectivity index (χ4v) is 3.74. The summed E-state index contributed by atoms with van der Waals surface area (Å²) in [5, 5.41) is 9.05. The normalized spacial score (nSPS) is 13.2. The lowest BCUT2D eigenvalue weighted by molar-refractivity contribution is 0.0686. The molecule has 0 aliphatic carbocycles. The molecule has 7 heteroatoms. The first-order chi connectivity index (χ1) is 11.2. The minimum atomic E-state index is -3.77. The second-order valence-electron chi connectivity index (χ2n) is 6.09. The highest BCUT2D eigenvalue weighted by atomic mass is 32.2. The molecule has 0 aliphatic rings. The monoisotopic (exact) mass is 350 g/mol. The lowest BCUT2D eigenvalue weighted by Crippen LogP contribution is -2.30. The third-order valence-electron chi connectivity index (χ3n) is 4.04. The van der Waals surface area contributed by atoms with Crippen molar-refractivity contribution >= 4 is 16.0 Å². The quantitative estimate of drug-likeness (QED) is 0.803. The van der Waals surface area contributed by atoms with Gasteiger partial charge in [-0.05, 0) is 23.5 Å². The summed E-state index contributed by atoms with van der Waals surface area (Å²) < 4.78 is 28.8. The van der Waals surface area contributed by atoms with E-state index in [4.69, 9.17) is 5.11 Å². The standard InChI is InChI=1S/C17H22N2O4S/c1-12(2)15(13-7-5-4-6-8-13)10-18-24(22,23)14-9-16(17(20)21)19(3)11-14/h4-9,11-12,15,18H,10H2,1-3H3,(H,20,21). The Morgan fingerprint density at radius 2 is 1.88 bits per heavy atom. The zero-order valence-corrected chi connectivity index (χ0v) is 14.7. The van der Waals surface area contributed by atoms with Gasteiger partial charge < -0.3 is 9.67 Å². The molecule has 2 N–H and O–H groups in total. The topological polar surface area (TPSA) is 88.4 Å². The Morgan fingerprint density at radius 1 is 1.25 bits per heavy atom. The van der Waals surface area contributed by atoms with Crippen LogP contribution in [0.1, 0.15) is 35.8 Å². The van der Waals surface area contributed by atoms with Crippen LogP contribution in [-0.2, 0) is 17.1 Å². The summed E-state index contributed by atoms with van der Waals surface area (Å²) >= 11 is 0. The molecule has 1 unspecified atom stereocenters. The van der Waals surface area contributed by atoms with Crippen molar-refractivity contribution in [3.05, 3.63) is 53.9 Å². The summed E-state index contributed by atoms with van der Waals surface area (Å²) in [7, 11) is -2.26. The molecule has 0 fully saturated rings. The molecule has 6 nitrogen and oxygen atoms in total. The highest BCUT2D eigenvalue weighted by Gasteiger charge is 2.23. The van der Waals surface area contributed by atoms with E-state index in [9.17, 15) is 13.2 Å². The number of nitrogens with zero attached hydrogens (tertiary/aromatic N) is 1. The predicted octanol–water partition coefficient (Wildman–Crippen LogP) is 2.44. The van der Waals surface area contributed by atoms with Gasteiger partial charge in [0.2, 0.25) is 10.0 Å². The fourth-order valence-electron chi connectivity index (χ4n) is 2.62. The van der Waals surface area contributed by atoms with Crippen LogP contribution in [-0.4, -0.2) is 30.6 Å². The van der Waals surface area contributed by atoms with E-state index in [1.807, 2.05) is 44.2 Å². The molecule has 1 heterocycles. The van der Waals surface area contributed by atoms with Crippen molar-refractivity contribution in [3.63, 3.8) is 0 Å². The van der Waals surface area contributed by atoms with Gasteiger partial charge in [-0.15, -0.1) is 0 Å². The number of nitrogens with one attached hydrogen (secondary N) is 1. The summed E-state index contributed by atoms with van der Waals surface area (Å²) in [5.74, 6) is -0.882. The number of hydrogen-bond acceptors (Lipinski definition) is 3. The molecule has 0 aliphatic heterocycles. The molecule has 0 saturated carbocycles. The maximum absolute atomic E-state index is 12.5. The second-order valence-corrected chi connectivity index (χ2v) is 7.86. The van der Waals surface area contributed by atoms with Gasteiger partial charge in [0.15, 0.2) is 0 Å². The zero-order chi connectivity index (χ0) is 17.9. The third-order valence-corrected chi connectivity index (χ3v) is 5.43. The molecule has 0 saturated heterocycles. The van der Waals surface area contributed by atoms with Crippen LogP contribution in [0.15, 0.2) is 47.5 Å². The maximum Gasteiger partial charge on any atom is 0.352 e. The minimum absolute atomic E-state index is 0.0311. The number of carbonyl (C=O) groups is 1. The molecule has 1 aromatic carbocycles. The molecule has 2 rings (SSSR count). The highest BCUT2D eigenvalue weighted by Crippen LogP contribution is 2.24. The molecule has 0 radical (unpaired) electrons. The molecule has 0 spiro atoms. The Kier molecular flexibility index (Phi) is 5.46. The third kappa shape index (κ3) is 4.04. The lowest BCUT2D eigenvalue weighted by Gasteiger charge is -2.21. The van der Waals surface area contributed by atoms with E-state index in [1.165, 1.54) is 17.8 Å². The van der Waals surface area contributed by atoms with Crippen molar-refractivity contribution in [3.8, 4) is 0 Å². The van der Waals surface area contributed by atoms with Crippen molar-refractivity contribution in [1.82, 2.24) is 9.29 Å². The van der Waals surface area contributed by atoms with E-state index in [2.05, 4.69) is 4.72 Å². The first-order valence-electron chi connectivity index (χ1n) is 7.66. The van der Waals surface area contributed by atoms with E-state index in [0.29, 0.717) is 0 Å². The van der Waals surface area contributed by atoms with Crippen LogP contribution >= 0.6 is 0 Å². The number of aromatic carboxylic acids is 1. The van der Waals surface area contributed by atoms with Gasteiger partial charge in [0.05, 0.1) is 0 Å². The van der Waals surface area contributed by atoms with Crippen molar-refractivity contribution in [2.75, 3.05) is 6.54 Å². The van der Waals surface area contributed by atoms with Crippen LogP contribution in [0.4, 0.5) is 0 Å². The van der Waals surface area contributed by atoms with Gasteiger partial charge in [-0.25, -0.2) is 17.9 Å². The number of aryl methyl sites for hydroxylation is 1. The Balaban J connectivity index is 2.19. The average Bonchev–Trinajstić information content (AvgIpc) is 2.91. The minimum Gasteiger partial charge on any atom is -0.477 e. The van der Waals surface area contributed by atoms with Gasteiger partial charge in [-0.3, -0.25) is 0 Å². The van der Waals surface area contributed by atoms with Gasteiger partial charge in [-0.2, -0.15) is 0 Å². The van der Waals surface area contributed by atoms with Crippen molar-refractivity contribution in [2.45, 2.75) is 24.7 Å². The molecule has 130 valence electrons. The second kappa shape index (κ2) is 7.19. The van der Waals surface area contributed by atoms with Crippen molar-refractivity contribution in [1.29, 1.82) is 0 Å². The van der Waals surface area contributed by atoms with Gasteiger partial charge in [0.1, 0.15) is 10.6 Å². The lowest BCUT2D eigenvalue weighted by atomic mass is 9.89. The smallest absolute Gasteiger partial charge is 0.352 e. The highest BCUT2D eigenvalue weighted by molar-refractivity contribution is 7.89. The number of carboxylic acids is 1. The number of rotatable bonds is 7. The summed E-state index contributed by atoms with van der Waals surface area (Å²) in [6.45, 7) is 4.33. The summed E-state index contributed by atoms with van der Waals surface area (Å²) in [6, 6.07) is 10.9. The Labute approximate surface area is 142 Å². The van der Waals surface area contributed by atoms with Crippen molar-refractivity contribution in [2.24, 2.45) is 13.0 Å². The van der Waals surface area contributed by atoms with E-state index in [0.717, 1.165) is 11.6 Å². The number of hydrogen-bond donors (Lipinski definition) is 2. The number of sulfonamides is 1. The molecule has 0 amide bonds. The molecule has 2 aromatic rings. The Hall–Kier alpha value is -2.12. The maximum atomic E-state index is 12.5. The van der Waals surface area contributed by atoms with Crippen LogP contribution < -0.4 is 4.72 Å². The van der Waals surface area contributed by atoms with Gasteiger partial charge in [-0.1, -0.05) is 44.2 Å². The largest absolute Gasteiger partial charge is 0.477 e. The Bertz CT molecular complexity index is 810. The van der Waals surface area contributed by atoms with Crippen LogP contribution in [0.25, 0.3) is 0 Å². The predicted molar refractivity (Wildman–Crippen MR) is 91.6 cm³/mol. The van der Waals surface area contributed by atoms with Crippen LogP contribution in [0.2, 0.25) is 0 Å². The molecule has 24 heavy (non-hydrogen) atoms. The molecule has 1 atom stereocenters. The van der Waals surface area contributed by atoms with Gasteiger partial charge in [0.25, 0.3) is 0 Å². The van der Waals surface area contributed by atoms with E-state index >= 15 is 0 Å². The van der Waals surface area contributed by atoms with Crippen LogP contribution in [0, 0.1) is 5.92 Å². The van der Waals surface area contributed by atoms with Crippen LogP contribution in [0.5, 0.6) is 0 Å². The first kappa shape index (κ1) is 18.2. The molecular weight excluding hydrogens is 328 g/mol. The Morgan fingerprint density at radius 3 is 2.38 bits per heavy atom. The molecular formula is C17H22N2O4S. The van der Waals surface area contributed by atoms with Gasteiger partial charge in [0, 0.05) is 19.8 Å². The summed E-state index contributed by atoms with van der Waals surface area (Å²) in [5.41, 5.74) is 0.994. The number of benzene rings is 1. The van der Waals surface area contributed by atoms with Crippen molar-refractivity contribution < 1.29 is 18.3 Å².